The smallest absolute Gasteiger partial charge is 0.234 e. The Labute approximate surface area is 128 Å². The van der Waals surface area contributed by atoms with Gasteiger partial charge < -0.3 is 4.74 Å². The quantitative estimate of drug-likeness (QED) is 0.668. The van der Waals surface area contributed by atoms with Crippen LogP contribution in [0.25, 0.3) is 16.4 Å². The molecular formula is C13H10FN5O2S. The summed E-state index contributed by atoms with van der Waals surface area (Å²) in [6, 6.07) is 6.09. The Hall–Kier alpha value is -2.52. The summed E-state index contributed by atoms with van der Waals surface area (Å²) in [6.07, 6.45) is 0.530. The van der Waals surface area contributed by atoms with Crippen LogP contribution < -0.4 is 0 Å². The Morgan fingerprint density at radius 2 is 2.14 bits per heavy atom. The zero-order valence-electron chi connectivity index (χ0n) is 11.4. The summed E-state index contributed by atoms with van der Waals surface area (Å²) in [5, 5.41) is 16.6. The molecule has 0 bridgehead atoms. The molecule has 0 unspecified atom stereocenters. The first-order valence-corrected chi connectivity index (χ1v) is 7.03. The number of ether oxygens (including phenoxy) is 1. The van der Waals surface area contributed by atoms with Gasteiger partial charge in [0.2, 0.25) is 5.13 Å². The molecule has 9 heteroatoms. The third-order valence-electron chi connectivity index (χ3n) is 2.84. The van der Waals surface area contributed by atoms with E-state index in [1.165, 1.54) is 22.1 Å². The van der Waals surface area contributed by atoms with Crippen LogP contribution in [0.5, 0.6) is 0 Å². The molecule has 2 aromatic heterocycles. The van der Waals surface area contributed by atoms with Crippen molar-refractivity contribution in [3.63, 3.8) is 0 Å². The minimum atomic E-state index is -0.476. The van der Waals surface area contributed by atoms with E-state index in [2.05, 4.69) is 20.5 Å². The third kappa shape index (κ3) is 2.51. The first kappa shape index (κ1) is 14.4. The van der Waals surface area contributed by atoms with Crippen LogP contribution in [0.4, 0.5) is 4.39 Å². The van der Waals surface area contributed by atoms with Crippen LogP contribution in [0.15, 0.2) is 24.3 Å². The van der Waals surface area contributed by atoms with E-state index < -0.39 is 5.82 Å². The highest BCUT2D eigenvalue weighted by Gasteiger charge is 2.21. The average Bonchev–Trinajstić information content (AvgIpc) is 3.14. The highest BCUT2D eigenvalue weighted by molar-refractivity contribution is 7.13. The normalized spacial score (nSPS) is 10.8. The molecule has 2 heterocycles. The van der Waals surface area contributed by atoms with Gasteiger partial charge in [-0.2, -0.15) is 4.68 Å². The van der Waals surface area contributed by atoms with E-state index in [9.17, 15) is 9.18 Å². The molecule has 3 aromatic rings. The monoisotopic (exact) mass is 319 g/mol. The van der Waals surface area contributed by atoms with Crippen molar-refractivity contribution in [3.8, 4) is 16.4 Å². The van der Waals surface area contributed by atoms with E-state index in [-0.39, 0.29) is 17.0 Å². The fraction of sp³-hybridized carbons (Fsp3) is 0.154. The molecule has 1 aromatic carbocycles. The zero-order valence-corrected chi connectivity index (χ0v) is 12.2. The minimum Gasteiger partial charge on any atom is -0.377 e. The second-order valence-corrected chi connectivity index (χ2v) is 5.28. The summed E-state index contributed by atoms with van der Waals surface area (Å²) in [5.74, 6) is -0.476. The second kappa shape index (κ2) is 6.08. The summed E-state index contributed by atoms with van der Waals surface area (Å²) in [5.41, 5.74) is 0.500. The Kier molecular flexibility index (Phi) is 3.98. The van der Waals surface area contributed by atoms with Gasteiger partial charge >= 0.3 is 0 Å². The van der Waals surface area contributed by atoms with Gasteiger partial charge in [0, 0.05) is 12.7 Å². The molecule has 0 amide bonds. The van der Waals surface area contributed by atoms with Crippen LogP contribution in [-0.2, 0) is 11.3 Å². The van der Waals surface area contributed by atoms with Crippen LogP contribution in [0.1, 0.15) is 15.5 Å². The SMILES string of the molecule is COCc1nnc(-n2nnc(C=O)c2-c2ccccc2F)s1. The fourth-order valence-electron chi connectivity index (χ4n) is 1.92. The van der Waals surface area contributed by atoms with Crippen molar-refractivity contribution in [2.45, 2.75) is 6.61 Å². The number of aldehydes is 1. The van der Waals surface area contributed by atoms with Crippen molar-refractivity contribution in [2.75, 3.05) is 7.11 Å². The van der Waals surface area contributed by atoms with Crippen molar-refractivity contribution in [1.29, 1.82) is 0 Å². The van der Waals surface area contributed by atoms with Crippen LogP contribution in [0, 0.1) is 5.82 Å². The molecule has 0 spiro atoms. The first-order valence-electron chi connectivity index (χ1n) is 6.22. The molecule has 22 heavy (non-hydrogen) atoms. The first-order chi connectivity index (χ1) is 10.7. The van der Waals surface area contributed by atoms with Crippen LogP contribution in [0.3, 0.4) is 0 Å². The van der Waals surface area contributed by atoms with Gasteiger partial charge in [0.05, 0.1) is 0 Å². The lowest BCUT2D eigenvalue weighted by molar-refractivity contribution is 0.111. The van der Waals surface area contributed by atoms with Gasteiger partial charge in [-0.25, -0.2) is 4.39 Å². The average molecular weight is 319 g/mol. The summed E-state index contributed by atoms with van der Waals surface area (Å²) in [6.45, 7) is 0.307. The molecule has 0 saturated heterocycles. The second-order valence-electron chi connectivity index (χ2n) is 4.24. The molecule has 112 valence electrons. The lowest BCUT2D eigenvalue weighted by atomic mass is 10.1. The number of carbonyl (C=O) groups is 1. The van der Waals surface area contributed by atoms with Crippen molar-refractivity contribution >= 4 is 17.6 Å². The largest absolute Gasteiger partial charge is 0.377 e. The molecule has 0 N–H and O–H groups in total. The number of aromatic nitrogens is 5. The maximum absolute atomic E-state index is 14.1. The predicted octanol–water partition coefficient (Wildman–Crippen LogP) is 1.88. The Morgan fingerprint density at radius 1 is 1.32 bits per heavy atom. The minimum absolute atomic E-state index is 0.0357. The highest BCUT2D eigenvalue weighted by atomic mass is 32.1. The number of halogens is 1. The molecular weight excluding hydrogens is 309 g/mol. The number of hydrogen-bond donors (Lipinski definition) is 0. The van der Waals surface area contributed by atoms with E-state index in [4.69, 9.17) is 4.74 Å². The van der Waals surface area contributed by atoms with Crippen molar-refractivity contribution in [2.24, 2.45) is 0 Å². The van der Waals surface area contributed by atoms with Gasteiger partial charge in [-0.05, 0) is 12.1 Å². The number of hydrogen-bond acceptors (Lipinski definition) is 7. The van der Waals surface area contributed by atoms with E-state index >= 15 is 0 Å². The summed E-state index contributed by atoms with van der Waals surface area (Å²) < 4.78 is 20.3. The molecule has 7 nitrogen and oxygen atoms in total. The number of carbonyl (C=O) groups excluding carboxylic acids is 1. The molecule has 0 atom stereocenters. The van der Waals surface area contributed by atoms with Gasteiger partial charge in [0.1, 0.15) is 23.1 Å². The zero-order chi connectivity index (χ0) is 15.5. The molecule has 0 fully saturated rings. The molecule has 0 aliphatic carbocycles. The number of rotatable bonds is 5. The molecule has 0 saturated carbocycles. The summed E-state index contributed by atoms with van der Waals surface area (Å²) in [4.78, 5) is 11.2. The molecule has 0 aliphatic heterocycles. The van der Waals surface area contributed by atoms with Crippen LogP contribution >= 0.6 is 11.3 Å². The third-order valence-corrected chi connectivity index (χ3v) is 3.71. The maximum atomic E-state index is 14.1. The van der Waals surface area contributed by atoms with E-state index in [0.29, 0.717) is 23.0 Å². The van der Waals surface area contributed by atoms with Crippen molar-refractivity contribution in [3.05, 3.63) is 40.8 Å². The predicted molar refractivity (Wildman–Crippen MR) is 76.3 cm³/mol. The Balaban J connectivity index is 2.15. The van der Waals surface area contributed by atoms with Gasteiger partial charge in [-0.3, -0.25) is 4.79 Å². The number of nitrogens with zero attached hydrogens (tertiary/aromatic N) is 5. The molecule has 0 radical (unpaired) electrons. The van der Waals surface area contributed by atoms with Gasteiger partial charge in [-0.1, -0.05) is 28.7 Å². The lowest BCUT2D eigenvalue weighted by Gasteiger charge is -2.04. The summed E-state index contributed by atoms with van der Waals surface area (Å²) in [7, 11) is 1.55. The van der Waals surface area contributed by atoms with Gasteiger partial charge in [0.15, 0.2) is 12.0 Å². The maximum Gasteiger partial charge on any atom is 0.234 e. The topological polar surface area (TPSA) is 82.8 Å². The Morgan fingerprint density at radius 3 is 2.86 bits per heavy atom. The van der Waals surface area contributed by atoms with Crippen LogP contribution in [-0.4, -0.2) is 38.6 Å². The van der Waals surface area contributed by atoms with E-state index in [1.807, 2.05) is 0 Å². The van der Waals surface area contributed by atoms with Crippen molar-refractivity contribution in [1.82, 2.24) is 25.2 Å². The van der Waals surface area contributed by atoms with Gasteiger partial charge in [-0.15, -0.1) is 15.3 Å². The highest BCUT2D eigenvalue weighted by Crippen LogP contribution is 2.27. The lowest BCUT2D eigenvalue weighted by Crippen LogP contribution is -2.01. The number of methoxy groups -OCH3 is 1. The van der Waals surface area contributed by atoms with Gasteiger partial charge in [0.25, 0.3) is 0 Å². The Bertz CT molecular complexity index is 816. The standard InChI is InChI=1S/C13H10FN5O2S/c1-21-7-11-16-17-13(22-11)19-12(10(6-20)15-18-19)8-4-2-3-5-9(8)14/h2-6H,7H2,1H3. The molecule has 3 rings (SSSR count). The van der Waals surface area contributed by atoms with Crippen LogP contribution in [0.2, 0.25) is 0 Å². The fourth-order valence-corrected chi connectivity index (χ4v) is 2.69. The van der Waals surface area contributed by atoms with Crippen molar-refractivity contribution < 1.29 is 13.9 Å². The van der Waals surface area contributed by atoms with E-state index in [0.717, 1.165) is 0 Å². The summed E-state index contributed by atoms with van der Waals surface area (Å²) >= 11 is 1.22. The number of benzene rings is 1. The van der Waals surface area contributed by atoms with E-state index in [1.54, 1.807) is 25.3 Å². The molecule has 0 aliphatic rings.